The summed E-state index contributed by atoms with van der Waals surface area (Å²) < 4.78 is 0. The van der Waals surface area contributed by atoms with Crippen molar-refractivity contribution in [2.24, 2.45) is 5.92 Å². The van der Waals surface area contributed by atoms with Gasteiger partial charge in [-0.2, -0.15) is 0 Å². The summed E-state index contributed by atoms with van der Waals surface area (Å²) in [5, 5.41) is 4.95. The smallest absolute Gasteiger partial charge is 0.126 e. The van der Waals surface area contributed by atoms with Crippen LogP contribution < -0.4 is 5.32 Å². The van der Waals surface area contributed by atoms with Crippen LogP contribution in [0.15, 0.2) is 48.8 Å². The Balaban J connectivity index is 1.36. The van der Waals surface area contributed by atoms with Crippen LogP contribution in [0.2, 0.25) is 0 Å². The molecule has 4 nitrogen and oxygen atoms in total. The average Bonchev–Trinajstić information content (AvgIpc) is 3.14. The summed E-state index contributed by atoms with van der Waals surface area (Å²) in [6.45, 7) is 3.77. The minimum absolute atomic E-state index is 0.572. The molecular weight excluding hydrogens is 308 g/mol. The monoisotopic (exact) mass is 332 g/mol. The van der Waals surface area contributed by atoms with E-state index in [2.05, 4.69) is 51.6 Å². The molecule has 5 rings (SSSR count). The summed E-state index contributed by atoms with van der Waals surface area (Å²) in [4.78, 5) is 10.6. The van der Waals surface area contributed by atoms with E-state index in [1.54, 1.807) is 0 Å². The molecule has 0 aliphatic carbocycles. The van der Waals surface area contributed by atoms with Gasteiger partial charge in [-0.3, -0.25) is 0 Å². The van der Waals surface area contributed by atoms with Gasteiger partial charge in [0.2, 0.25) is 0 Å². The van der Waals surface area contributed by atoms with Crippen LogP contribution >= 0.6 is 0 Å². The first-order valence-corrected chi connectivity index (χ1v) is 9.38. The highest BCUT2D eigenvalue weighted by Gasteiger charge is 2.31. The number of anilines is 1. The van der Waals surface area contributed by atoms with Gasteiger partial charge in [-0.15, -0.1) is 0 Å². The number of rotatable bonds is 3. The maximum Gasteiger partial charge on any atom is 0.126 e. The Hall–Kier alpha value is -2.33. The maximum atomic E-state index is 4.71. The zero-order valence-corrected chi connectivity index (χ0v) is 14.4. The van der Waals surface area contributed by atoms with Crippen molar-refractivity contribution in [3.8, 4) is 11.1 Å². The Morgan fingerprint density at radius 1 is 1.08 bits per heavy atom. The van der Waals surface area contributed by atoms with E-state index in [1.165, 1.54) is 60.9 Å². The van der Waals surface area contributed by atoms with E-state index < -0.39 is 0 Å². The average molecular weight is 332 g/mol. The van der Waals surface area contributed by atoms with E-state index in [0.717, 1.165) is 11.7 Å². The zero-order valence-electron chi connectivity index (χ0n) is 14.4. The molecule has 0 spiro atoms. The molecule has 2 fully saturated rings. The number of nitrogens with zero attached hydrogens (tertiary/aromatic N) is 2. The van der Waals surface area contributed by atoms with Gasteiger partial charge < -0.3 is 15.2 Å². The largest absolute Gasteiger partial charge is 0.367 e. The van der Waals surface area contributed by atoms with Crippen LogP contribution in [0.1, 0.15) is 19.3 Å². The fraction of sp³-hybridized carbons (Fsp3) is 0.381. The number of benzene rings is 1. The van der Waals surface area contributed by atoms with Gasteiger partial charge in [0, 0.05) is 48.0 Å². The van der Waals surface area contributed by atoms with Crippen molar-refractivity contribution < 1.29 is 0 Å². The SMILES string of the molecule is c1cc(-c2ccc(N[C@H]3CCN4CCC[C@@H]3C4)nc2)c2cc[nH]c2c1. The van der Waals surface area contributed by atoms with Crippen LogP contribution in [-0.2, 0) is 0 Å². The van der Waals surface area contributed by atoms with Crippen LogP contribution in [0.5, 0.6) is 0 Å². The van der Waals surface area contributed by atoms with Gasteiger partial charge in [0.05, 0.1) is 0 Å². The summed E-state index contributed by atoms with van der Waals surface area (Å²) in [6.07, 6.45) is 7.92. The Kier molecular flexibility index (Phi) is 3.71. The number of H-pyrrole nitrogens is 1. The maximum absolute atomic E-state index is 4.71. The second-order valence-electron chi connectivity index (χ2n) is 7.42. The molecule has 0 saturated carbocycles. The first-order valence-electron chi connectivity index (χ1n) is 9.38. The van der Waals surface area contributed by atoms with E-state index in [-0.39, 0.29) is 0 Å². The van der Waals surface area contributed by atoms with Crippen molar-refractivity contribution in [2.45, 2.75) is 25.3 Å². The van der Waals surface area contributed by atoms with Gasteiger partial charge in [-0.25, -0.2) is 4.98 Å². The number of piperidine rings is 2. The van der Waals surface area contributed by atoms with Gasteiger partial charge in [-0.05, 0) is 61.6 Å². The third kappa shape index (κ3) is 2.81. The van der Waals surface area contributed by atoms with Crippen molar-refractivity contribution in [1.82, 2.24) is 14.9 Å². The second kappa shape index (κ2) is 6.19. The lowest BCUT2D eigenvalue weighted by molar-refractivity contribution is 0.113. The summed E-state index contributed by atoms with van der Waals surface area (Å²) in [6, 6.07) is 13.4. The van der Waals surface area contributed by atoms with Crippen molar-refractivity contribution >= 4 is 16.7 Å². The minimum Gasteiger partial charge on any atom is -0.367 e. The fourth-order valence-electron chi connectivity index (χ4n) is 4.54. The van der Waals surface area contributed by atoms with Crippen molar-refractivity contribution in [1.29, 1.82) is 0 Å². The number of nitrogens with one attached hydrogen (secondary N) is 2. The zero-order chi connectivity index (χ0) is 16.6. The Bertz CT molecular complexity index is 867. The standard InChI is InChI=1S/C21H24N4/c1-4-17(18-8-10-22-20(18)5-1)15-6-7-21(23-13-15)24-19-9-12-25-11-2-3-16(19)14-25/h1,4-8,10,13,16,19,22H,2-3,9,11-12,14H2,(H,23,24)/t16-,19+/m1/s1. The number of fused-ring (bicyclic) bond motifs is 3. The molecule has 1 aromatic carbocycles. The molecule has 2 aliphatic rings. The van der Waals surface area contributed by atoms with Crippen molar-refractivity contribution in [3.05, 3.63) is 48.8 Å². The third-order valence-electron chi connectivity index (χ3n) is 5.87. The number of hydrogen-bond acceptors (Lipinski definition) is 3. The lowest BCUT2D eigenvalue weighted by atomic mass is 9.85. The lowest BCUT2D eigenvalue weighted by Crippen LogP contribution is -2.49. The highest BCUT2D eigenvalue weighted by Crippen LogP contribution is 2.30. The molecule has 4 heteroatoms. The Morgan fingerprint density at radius 3 is 3.00 bits per heavy atom. The molecule has 2 bridgehead atoms. The molecule has 2 saturated heterocycles. The second-order valence-corrected chi connectivity index (χ2v) is 7.42. The molecule has 25 heavy (non-hydrogen) atoms. The molecule has 4 heterocycles. The van der Waals surface area contributed by atoms with E-state index >= 15 is 0 Å². The number of hydrogen-bond donors (Lipinski definition) is 2. The van der Waals surface area contributed by atoms with Crippen LogP contribution in [-0.4, -0.2) is 40.5 Å². The summed E-state index contributed by atoms with van der Waals surface area (Å²) >= 11 is 0. The molecule has 3 atom stereocenters. The summed E-state index contributed by atoms with van der Waals surface area (Å²) in [5.74, 6) is 1.78. The van der Waals surface area contributed by atoms with E-state index in [9.17, 15) is 0 Å². The van der Waals surface area contributed by atoms with E-state index in [0.29, 0.717) is 6.04 Å². The van der Waals surface area contributed by atoms with Crippen LogP contribution in [0.3, 0.4) is 0 Å². The van der Waals surface area contributed by atoms with Crippen molar-refractivity contribution in [3.63, 3.8) is 0 Å². The van der Waals surface area contributed by atoms with Gasteiger partial charge >= 0.3 is 0 Å². The molecule has 2 N–H and O–H groups in total. The quantitative estimate of drug-likeness (QED) is 0.758. The van der Waals surface area contributed by atoms with Gasteiger partial charge in [0.15, 0.2) is 0 Å². The molecule has 2 aromatic heterocycles. The molecular formula is C21H24N4. The van der Waals surface area contributed by atoms with Gasteiger partial charge in [-0.1, -0.05) is 12.1 Å². The predicted molar refractivity (Wildman–Crippen MR) is 103 cm³/mol. The topological polar surface area (TPSA) is 44.0 Å². The third-order valence-corrected chi connectivity index (χ3v) is 5.87. The molecule has 3 aromatic rings. The summed E-state index contributed by atoms with van der Waals surface area (Å²) in [5.41, 5.74) is 3.57. The minimum atomic E-state index is 0.572. The van der Waals surface area contributed by atoms with Gasteiger partial charge in [0.25, 0.3) is 0 Å². The first-order chi connectivity index (χ1) is 12.4. The van der Waals surface area contributed by atoms with Crippen molar-refractivity contribution in [2.75, 3.05) is 25.0 Å². The molecule has 128 valence electrons. The number of pyridine rings is 1. The Morgan fingerprint density at radius 2 is 2.08 bits per heavy atom. The van der Waals surface area contributed by atoms with E-state index in [1.807, 2.05) is 12.4 Å². The predicted octanol–water partition coefficient (Wildman–Crippen LogP) is 4.13. The molecule has 0 radical (unpaired) electrons. The number of aromatic nitrogens is 2. The molecule has 1 unspecified atom stereocenters. The van der Waals surface area contributed by atoms with Gasteiger partial charge in [0.1, 0.15) is 5.82 Å². The normalized spacial score (nSPS) is 25.8. The van der Waals surface area contributed by atoms with Crippen LogP contribution in [0, 0.1) is 5.92 Å². The highest BCUT2D eigenvalue weighted by molar-refractivity contribution is 5.94. The first kappa shape index (κ1) is 15.0. The fourth-order valence-corrected chi connectivity index (χ4v) is 4.54. The molecule has 2 aliphatic heterocycles. The highest BCUT2D eigenvalue weighted by atomic mass is 15.2. The molecule has 0 amide bonds. The van der Waals surface area contributed by atoms with E-state index in [4.69, 9.17) is 4.98 Å². The van der Waals surface area contributed by atoms with Crippen LogP contribution in [0.4, 0.5) is 5.82 Å². The number of aromatic amines is 1. The Labute approximate surface area is 148 Å². The van der Waals surface area contributed by atoms with Crippen LogP contribution in [0.25, 0.3) is 22.0 Å². The summed E-state index contributed by atoms with van der Waals surface area (Å²) in [7, 11) is 0. The lowest BCUT2D eigenvalue weighted by Gasteiger charge is -2.43.